The lowest BCUT2D eigenvalue weighted by Gasteiger charge is -2.34. The molecule has 1 aliphatic rings. The van der Waals surface area contributed by atoms with Crippen LogP contribution in [0.1, 0.15) is 32.0 Å². The minimum atomic E-state index is -0.696. The van der Waals surface area contributed by atoms with Crippen LogP contribution in [0.15, 0.2) is 52.1 Å². The first-order valence-corrected chi connectivity index (χ1v) is 11.9. The van der Waals surface area contributed by atoms with Crippen LogP contribution in [0.3, 0.4) is 0 Å². The highest BCUT2D eigenvalue weighted by molar-refractivity contribution is 9.10. The maximum Gasteiger partial charge on any atom is 0.296 e. The lowest BCUT2D eigenvalue weighted by Crippen LogP contribution is -2.59. The zero-order chi connectivity index (χ0) is 22.1. The summed E-state index contributed by atoms with van der Waals surface area (Å²) in [6.07, 6.45) is 1.41. The van der Waals surface area contributed by atoms with Gasteiger partial charge in [-0.1, -0.05) is 51.4 Å². The number of carbonyl (C=O) groups excluding carboxylic acids is 1. The summed E-state index contributed by atoms with van der Waals surface area (Å²) in [7, 11) is 0. The van der Waals surface area contributed by atoms with Crippen LogP contribution in [0.2, 0.25) is 0 Å². The molecule has 3 aromatic rings. The number of thioether (sulfide) groups is 1. The molecule has 31 heavy (non-hydrogen) atoms. The summed E-state index contributed by atoms with van der Waals surface area (Å²) in [5, 5.41) is 18.1. The molecule has 2 heterocycles. The molecule has 1 unspecified atom stereocenters. The fourth-order valence-electron chi connectivity index (χ4n) is 3.75. The largest absolute Gasteiger partial charge is 0.854 e. The number of hydrogen-bond acceptors (Lipinski definition) is 6. The number of carbonyl (C=O) groups is 1. The molecule has 1 amide bonds. The van der Waals surface area contributed by atoms with E-state index in [1.807, 2.05) is 62.6 Å². The number of hydrogen-bond donors (Lipinski definition) is 0. The van der Waals surface area contributed by atoms with E-state index in [1.54, 1.807) is 9.58 Å². The number of nitrogens with zero attached hydrogens (tertiary/aromatic N) is 4. The Morgan fingerprint density at radius 2 is 2.06 bits per heavy atom. The Hall–Kier alpha value is -2.65. The number of amides is 1. The van der Waals surface area contributed by atoms with Crippen molar-refractivity contribution in [1.82, 2.24) is 10.1 Å². The summed E-state index contributed by atoms with van der Waals surface area (Å²) in [6.45, 7) is 4.19. The molecule has 0 bridgehead atoms. The first-order valence-electron chi connectivity index (χ1n) is 9.88. The van der Waals surface area contributed by atoms with Gasteiger partial charge in [0.15, 0.2) is 0 Å². The first kappa shape index (κ1) is 21.6. The standard InChI is InChI=1S/C22H21BrN4O3S/c1-4-18(28)26-16-9-7-6-8-14(16)19-20(29)24-22(31-3)25-27(19)21(26)15-12-13(23)10-11-17(15)30-5-2/h6-12,21H,4-5H2,1-3H3. The van der Waals surface area contributed by atoms with Crippen LogP contribution >= 0.6 is 27.7 Å². The van der Waals surface area contributed by atoms with Crippen molar-refractivity contribution < 1.29 is 19.3 Å². The first-order chi connectivity index (χ1) is 15.0. The highest BCUT2D eigenvalue weighted by Gasteiger charge is 2.45. The Balaban J connectivity index is 2.10. The van der Waals surface area contributed by atoms with E-state index in [1.165, 1.54) is 11.8 Å². The third kappa shape index (κ3) is 3.76. The maximum absolute atomic E-state index is 13.2. The van der Waals surface area contributed by atoms with Gasteiger partial charge in [-0.3, -0.25) is 4.79 Å². The van der Waals surface area contributed by atoms with Crippen molar-refractivity contribution in [3.05, 3.63) is 52.5 Å². The zero-order valence-corrected chi connectivity index (χ0v) is 19.7. The van der Waals surface area contributed by atoms with Crippen molar-refractivity contribution in [2.24, 2.45) is 0 Å². The van der Waals surface area contributed by atoms with E-state index < -0.39 is 6.17 Å². The normalized spacial score (nSPS) is 14.7. The van der Waals surface area contributed by atoms with Gasteiger partial charge in [0, 0.05) is 16.0 Å². The lowest BCUT2D eigenvalue weighted by atomic mass is 10.0. The van der Waals surface area contributed by atoms with E-state index >= 15 is 0 Å². The van der Waals surface area contributed by atoms with Crippen LogP contribution in [-0.4, -0.2) is 28.9 Å². The molecule has 1 atom stereocenters. The van der Waals surface area contributed by atoms with Gasteiger partial charge in [-0.2, -0.15) is 0 Å². The number of fused-ring (bicyclic) bond motifs is 3. The molecular weight excluding hydrogens is 480 g/mol. The lowest BCUT2D eigenvalue weighted by molar-refractivity contribution is -0.764. The molecule has 0 saturated carbocycles. The van der Waals surface area contributed by atoms with Crippen molar-refractivity contribution in [3.63, 3.8) is 0 Å². The molecule has 0 aliphatic carbocycles. The fourth-order valence-corrected chi connectivity index (χ4v) is 4.47. The van der Waals surface area contributed by atoms with Crippen molar-refractivity contribution in [3.8, 4) is 22.9 Å². The Morgan fingerprint density at radius 3 is 2.77 bits per heavy atom. The van der Waals surface area contributed by atoms with Crippen LogP contribution in [0.5, 0.6) is 11.6 Å². The van der Waals surface area contributed by atoms with Crippen LogP contribution in [0, 0.1) is 0 Å². The van der Waals surface area contributed by atoms with Gasteiger partial charge >= 0.3 is 0 Å². The second kappa shape index (κ2) is 8.84. The Bertz CT molecular complexity index is 1160. The molecule has 1 aliphatic heterocycles. The second-order valence-corrected chi connectivity index (χ2v) is 8.51. The van der Waals surface area contributed by atoms with Gasteiger partial charge in [0.1, 0.15) is 5.75 Å². The monoisotopic (exact) mass is 500 g/mol. The van der Waals surface area contributed by atoms with E-state index in [0.29, 0.717) is 40.9 Å². The zero-order valence-electron chi connectivity index (χ0n) is 17.3. The minimum absolute atomic E-state index is 0.0882. The smallest absolute Gasteiger partial charge is 0.296 e. The number of ether oxygens (including phenoxy) is 1. The summed E-state index contributed by atoms with van der Waals surface area (Å²) in [6, 6.07) is 13.0. The third-order valence-corrected chi connectivity index (χ3v) is 6.05. The quantitative estimate of drug-likeness (QED) is 0.392. The topological polar surface area (TPSA) is 82.3 Å². The number of anilines is 1. The molecular formula is C22H21BrN4O3S. The summed E-state index contributed by atoms with van der Waals surface area (Å²) in [5.41, 5.74) is 2.36. The maximum atomic E-state index is 13.2. The Kier molecular flexibility index (Phi) is 6.15. The molecule has 0 radical (unpaired) electrons. The average Bonchev–Trinajstić information content (AvgIpc) is 2.78. The molecule has 0 fully saturated rings. The van der Waals surface area contributed by atoms with Gasteiger partial charge in [-0.05, 0) is 43.5 Å². The summed E-state index contributed by atoms with van der Waals surface area (Å²) in [4.78, 5) is 19.1. The molecule has 7 nitrogen and oxygen atoms in total. The number of halogens is 1. The van der Waals surface area contributed by atoms with Gasteiger partial charge < -0.3 is 9.84 Å². The van der Waals surface area contributed by atoms with E-state index in [4.69, 9.17) is 4.74 Å². The highest BCUT2D eigenvalue weighted by atomic mass is 79.9. The van der Waals surface area contributed by atoms with E-state index in [9.17, 15) is 9.90 Å². The fraction of sp³-hybridized carbons (Fsp3) is 0.273. The van der Waals surface area contributed by atoms with Gasteiger partial charge in [0.05, 0.1) is 29.3 Å². The van der Waals surface area contributed by atoms with E-state index in [-0.39, 0.29) is 11.8 Å². The summed E-state index contributed by atoms with van der Waals surface area (Å²) < 4.78 is 8.34. The average molecular weight is 501 g/mol. The number of para-hydroxylation sites is 1. The van der Waals surface area contributed by atoms with Gasteiger partial charge in [0.2, 0.25) is 5.91 Å². The van der Waals surface area contributed by atoms with Crippen LogP contribution in [-0.2, 0) is 4.79 Å². The number of benzene rings is 2. The van der Waals surface area contributed by atoms with Gasteiger partial charge in [-0.15, -0.1) is 0 Å². The molecule has 160 valence electrons. The molecule has 0 saturated heterocycles. The highest BCUT2D eigenvalue weighted by Crippen LogP contribution is 2.43. The van der Waals surface area contributed by atoms with E-state index in [2.05, 4.69) is 26.0 Å². The SMILES string of the molecule is CCOc1ccc(Br)cc1C1N(C(=O)CC)c2ccccc2-c2c([O-])nc(SC)n[n+]21. The number of aromatic nitrogens is 3. The van der Waals surface area contributed by atoms with E-state index in [0.717, 1.165) is 10.0 Å². The van der Waals surface area contributed by atoms with Crippen LogP contribution in [0.25, 0.3) is 11.3 Å². The van der Waals surface area contributed by atoms with Crippen molar-refractivity contribution in [1.29, 1.82) is 0 Å². The molecule has 4 rings (SSSR count). The predicted octanol–water partition coefficient (Wildman–Crippen LogP) is 3.69. The van der Waals surface area contributed by atoms with Crippen molar-refractivity contribution in [2.45, 2.75) is 31.6 Å². The Morgan fingerprint density at radius 1 is 1.29 bits per heavy atom. The van der Waals surface area contributed by atoms with Crippen LogP contribution in [0.4, 0.5) is 5.69 Å². The van der Waals surface area contributed by atoms with Gasteiger partial charge in [0.25, 0.3) is 17.0 Å². The molecule has 0 N–H and O–H groups in total. The minimum Gasteiger partial charge on any atom is -0.854 e. The van der Waals surface area contributed by atoms with Crippen molar-refractivity contribution in [2.75, 3.05) is 17.8 Å². The molecule has 0 spiro atoms. The van der Waals surface area contributed by atoms with Crippen LogP contribution < -0.4 is 19.4 Å². The summed E-state index contributed by atoms with van der Waals surface area (Å²) in [5.74, 6) is 0.155. The Labute approximate surface area is 193 Å². The summed E-state index contributed by atoms with van der Waals surface area (Å²) >= 11 is 4.82. The third-order valence-electron chi connectivity index (χ3n) is 5.02. The molecule has 9 heteroatoms. The predicted molar refractivity (Wildman–Crippen MR) is 120 cm³/mol. The molecule has 2 aromatic carbocycles. The van der Waals surface area contributed by atoms with Gasteiger partial charge in [-0.25, -0.2) is 9.88 Å². The molecule has 1 aromatic heterocycles. The number of rotatable bonds is 5. The van der Waals surface area contributed by atoms with Crippen molar-refractivity contribution >= 4 is 39.3 Å². The second-order valence-electron chi connectivity index (χ2n) is 6.82.